The van der Waals surface area contributed by atoms with E-state index in [0.717, 1.165) is 24.0 Å². The van der Waals surface area contributed by atoms with Crippen molar-refractivity contribution in [1.82, 2.24) is 15.1 Å². The van der Waals surface area contributed by atoms with Gasteiger partial charge in [-0.2, -0.15) is 5.10 Å². The predicted octanol–water partition coefficient (Wildman–Crippen LogP) is 2.63. The predicted molar refractivity (Wildman–Crippen MR) is 110 cm³/mol. The van der Waals surface area contributed by atoms with Gasteiger partial charge in [-0.05, 0) is 30.9 Å². The molecule has 0 saturated heterocycles. The first-order chi connectivity index (χ1) is 14.1. The van der Waals surface area contributed by atoms with Crippen LogP contribution in [0.4, 0.5) is 5.82 Å². The van der Waals surface area contributed by atoms with Crippen molar-refractivity contribution in [2.45, 2.75) is 57.0 Å². The van der Waals surface area contributed by atoms with Gasteiger partial charge in [0.2, 0.25) is 5.91 Å². The number of benzene rings is 1. The minimum Gasteiger partial charge on any atom is -0.465 e. The topological polar surface area (TPSA) is 85.2 Å². The molecule has 0 spiro atoms. The molecule has 0 bridgehead atoms. The van der Waals surface area contributed by atoms with Gasteiger partial charge in [-0.15, -0.1) is 0 Å². The van der Waals surface area contributed by atoms with E-state index in [0.29, 0.717) is 31.3 Å². The van der Waals surface area contributed by atoms with Crippen LogP contribution in [0.1, 0.15) is 49.8 Å². The fourth-order valence-electron chi connectivity index (χ4n) is 4.52. The molecule has 2 N–H and O–H groups in total. The number of nitrogens with zero attached hydrogens (tertiary/aromatic N) is 2. The summed E-state index contributed by atoms with van der Waals surface area (Å²) in [7, 11) is 0. The molecule has 1 aromatic carbocycles. The van der Waals surface area contributed by atoms with E-state index >= 15 is 0 Å². The van der Waals surface area contributed by atoms with Gasteiger partial charge in [0.25, 0.3) is 0 Å². The fraction of sp³-hybridized carbons (Fsp3) is 0.500. The zero-order valence-corrected chi connectivity index (χ0v) is 16.8. The van der Waals surface area contributed by atoms with Gasteiger partial charge in [-0.25, -0.2) is 4.68 Å². The highest BCUT2D eigenvalue weighted by Crippen LogP contribution is 2.32. The summed E-state index contributed by atoms with van der Waals surface area (Å²) in [6, 6.07) is 10.2. The number of esters is 1. The van der Waals surface area contributed by atoms with Gasteiger partial charge in [0.05, 0.1) is 25.4 Å². The molecule has 29 heavy (non-hydrogen) atoms. The van der Waals surface area contributed by atoms with Crippen LogP contribution in [0.15, 0.2) is 36.5 Å². The highest BCUT2D eigenvalue weighted by atomic mass is 16.5. The largest absolute Gasteiger partial charge is 0.465 e. The third kappa shape index (κ3) is 4.05. The van der Waals surface area contributed by atoms with Crippen molar-refractivity contribution in [1.29, 1.82) is 0 Å². The zero-order chi connectivity index (χ0) is 20.3. The molecule has 2 aliphatic rings. The van der Waals surface area contributed by atoms with Crippen molar-refractivity contribution in [3.05, 3.63) is 47.7 Å². The maximum Gasteiger partial charge on any atom is 0.327 e. The molecule has 0 unspecified atom stereocenters. The second-order valence-electron chi connectivity index (χ2n) is 7.93. The number of anilines is 1. The highest BCUT2D eigenvalue weighted by Gasteiger charge is 2.45. The van der Waals surface area contributed by atoms with Crippen LogP contribution in [0.3, 0.4) is 0 Å². The summed E-state index contributed by atoms with van der Waals surface area (Å²) in [5, 5.41) is 10.5. The summed E-state index contributed by atoms with van der Waals surface area (Å²) in [6.45, 7) is 2.14. The van der Waals surface area contributed by atoms with Crippen molar-refractivity contribution in [3.8, 4) is 0 Å². The van der Waals surface area contributed by atoms with Crippen molar-refractivity contribution in [2.75, 3.05) is 18.5 Å². The van der Waals surface area contributed by atoms with E-state index in [1.54, 1.807) is 13.1 Å². The normalized spacial score (nSPS) is 17.8. The third-order valence-electron chi connectivity index (χ3n) is 5.96. The number of aromatic nitrogens is 2. The van der Waals surface area contributed by atoms with Crippen LogP contribution in [0.25, 0.3) is 0 Å². The minimum atomic E-state index is -0.900. The average Bonchev–Trinajstić information content (AvgIpc) is 3.45. The molecule has 0 radical (unpaired) electrons. The molecular formula is C22H28N4O3. The van der Waals surface area contributed by atoms with Gasteiger partial charge in [0.1, 0.15) is 11.4 Å². The first-order valence-electron chi connectivity index (χ1n) is 10.4. The molecular weight excluding hydrogens is 368 g/mol. The van der Waals surface area contributed by atoms with E-state index in [9.17, 15) is 9.59 Å². The van der Waals surface area contributed by atoms with Crippen LogP contribution in [0.2, 0.25) is 0 Å². The van der Waals surface area contributed by atoms with Gasteiger partial charge < -0.3 is 10.1 Å². The van der Waals surface area contributed by atoms with E-state index in [2.05, 4.69) is 15.7 Å². The summed E-state index contributed by atoms with van der Waals surface area (Å²) < 4.78 is 7.25. The molecule has 0 atom stereocenters. The third-order valence-corrected chi connectivity index (χ3v) is 5.96. The smallest absolute Gasteiger partial charge is 0.327 e. The second kappa shape index (κ2) is 8.37. The summed E-state index contributed by atoms with van der Waals surface area (Å²) in [4.78, 5) is 25.4. The lowest BCUT2D eigenvalue weighted by molar-refractivity contribution is -0.151. The van der Waals surface area contributed by atoms with E-state index in [4.69, 9.17) is 4.74 Å². The molecule has 1 amide bonds. The Labute approximate surface area is 170 Å². The lowest BCUT2D eigenvalue weighted by atomic mass is 9.95. The Bertz CT molecular complexity index is 861. The van der Waals surface area contributed by atoms with Crippen LogP contribution in [-0.4, -0.2) is 40.3 Å². The van der Waals surface area contributed by atoms with Crippen LogP contribution in [-0.2, 0) is 27.2 Å². The fourth-order valence-corrected chi connectivity index (χ4v) is 4.52. The van der Waals surface area contributed by atoms with Crippen molar-refractivity contribution >= 4 is 17.7 Å². The standard InChI is InChI=1S/C22H28N4O3/c1-2-29-21(28)22(13-16-7-3-4-8-17(16)14-22)23-15-20(27)25-19-11-12-24-26(19)18-9-5-6-10-18/h3-4,7-8,11-12,18,23H,2,5-6,9-10,13-15H2,1H3,(H,25,27). The molecule has 2 aliphatic carbocycles. The average molecular weight is 396 g/mol. The number of ether oxygens (including phenoxy) is 1. The summed E-state index contributed by atoms with van der Waals surface area (Å²) in [5.74, 6) is 0.216. The van der Waals surface area contributed by atoms with E-state index in [-0.39, 0.29) is 18.4 Å². The number of nitrogens with one attached hydrogen (secondary N) is 2. The van der Waals surface area contributed by atoms with Crippen molar-refractivity contribution in [3.63, 3.8) is 0 Å². The Hall–Kier alpha value is -2.67. The first-order valence-corrected chi connectivity index (χ1v) is 10.4. The van der Waals surface area contributed by atoms with Crippen LogP contribution < -0.4 is 10.6 Å². The van der Waals surface area contributed by atoms with Crippen molar-refractivity contribution < 1.29 is 14.3 Å². The molecule has 7 heteroatoms. The molecule has 1 aromatic heterocycles. The maximum absolute atomic E-state index is 12.8. The summed E-state index contributed by atoms with van der Waals surface area (Å²) >= 11 is 0. The van der Waals surface area contributed by atoms with E-state index < -0.39 is 5.54 Å². The Morgan fingerprint density at radius 1 is 1.17 bits per heavy atom. The van der Waals surface area contributed by atoms with Crippen LogP contribution in [0.5, 0.6) is 0 Å². The van der Waals surface area contributed by atoms with Crippen LogP contribution >= 0.6 is 0 Å². The molecule has 1 heterocycles. The maximum atomic E-state index is 12.8. The van der Waals surface area contributed by atoms with Crippen LogP contribution in [0, 0.1) is 0 Å². The molecule has 1 saturated carbocycles. The number of rotatable bonds is 7. The van der Waals surface area contributed by atoms with Gasteiger partial charge in [0.15, 0.2) is 0 Å². The Balaban J connectivity index is 1.43. The monoisotopic (exact) mass is 396 g/mol. The lowest BCUT2D eigenvalue weighted by Gasteiger charge is -2.27. The van der Waals surface area contributed by atoms with Gasteiger partial charge in [-0.3, -0.25) is 14.9 Å². The molecule has 4 rings (SSSR count). The van der Waals surface area contributed by atoms with Crippen molar-refractivity contribution in [2.24, 2.45) is 0 Å². The van der Waals surface area contributed by atoms with E-state index in [1.807, 2.05) is 35.0 Å². The number of amides is 1. The summed E-state index contributed by atoms with van der Waals surface area (Å²) in [6.07, 6.45) is 7.34. The van der Waals surface area contributed by atoms with E-state index in [1.165, 1.54) is 12.8 Å². The quantitative estimate of drug-likeness (QED) is 0.703. The zero-order valence-electron chi connectivity index (χ0n) is 16.8. The number of hydrogen-bond donors (Lipinski definition) is 2. The minimum absolute atomic E-state index is 0.0304. The Morgan fingerprint density at radius 3 is 2.52 bits per heavy atom. The van der Waals surface area contributed by atoms with Gasteiger partial charge in [0, 0.05) is 18.9 Å². The second-order valence-corrected chi connectivity index (χ2v) is 7.93. The van der Waals surface area contributed by atoms with Gasteiger partial charge in [-0.1, -0.05) is 37.1 Å². The Morgan fingerprint density at radius 2 is 1.86 bits per heavy atom. The molecule has 7 nitrogen and oxygen atoms in total. The lowest BCUT2D eigenvalue weighted by Crippen LogP contribution is -2.56. The molecule has 1 fully saturated rings. The Kier molecular flexibility index (Phi) is 5.67. The molecule has 2 aromatic rings. The number of fused-ring (bicyclic) bond motifs is 1. The number of hydrogen-bond acceptors (Lipinski definition) is 5. The highest BCUT2D eigenvalue weighted by molar-refractivity contribution is 5.92. The summed E-state index contributed by atoms with van der Waals surface area (Å²) in [5.41, 5.74) is 1.34. The van der Waals surface area contributed by atoms with Gasteiger partial charge >= 0.3 is 5.97 Å². The number of carbonyl (C=O) groups excluding carboxylic acids is 2. The molecule has 0 aliphatic heterocycles. The SMILES string of the molecule is CCOC(=O)C1(NCC(=O)Nc2ccnn2C2CCCC2)Cc2ccccc2C1. The molecule has 154 valence electrons. The number of carbonyl (C=O) groups is 2. The first kappa shape index (κ1) is 19.6.